The van der Waals surface area contributed by atoms with Crippen molar-refractivity contribution in [1.29, 1.82) is 0 Å². The van der Waals surface area contributed by atoms with Crippen molar-refractivity contribution in [2.24, 2.45) is 5.41 Å². The highest BCUT2D eigenvalue weighted by molar-refractivity contribution is 5.96. The normalized spacial score (nSPS) is 15.0. The number of hydrogen-bond donors (Lipinski definition) is 2. The van der Waals surface area contributed by atoms with Crippen LogP contribution in [0, 0.1) is 5.41 Å². The monoisotopic (exact) mass is 373 g/mol. The van der Waals surface area contributed by atoms with E-state index in [1.165, 1.54) is 12.8 Å². The van der Waals surface area contributed by atoms with Crippen LogP contribution in [0.5, 0.6) is 0 Å². The number of anilines is 1. The molecule has 1 saturated heterocycles. The fourth-order valence-corrected chi connectivity index (χ4v) is 2.93. The van der Waals surface area contributed by atoms with Crippen LogP contribution in [-0.4, -0.2) is 42.3 Å². The summed E-state index contributed by atoms with van der Waals surface area (Å²) in [5, 5.41) is 5.55. The Balaban J connectivity index is 1.81. The summed E-state index contributed by atoms with van der Waals surface area (Å²) in [5.74, 6) is -0.192. The molecule has 1 fully saturated rings. The van der Waals surface area contributed by atoms with Crippen LogP contribution in [0.1, 0.15) is 63.2 Å². The molecule has 148 valence electrons. The smallest absolute Gasteiger partial charge is 0.253 e. The summed E-state index contributed by atoms with van der Waals surface area (Å²) >= 11 is 0. The van der Waals surface area contributed by atoms with Gasteiger partial charge in [0.05, 0.1) is 0 Å². The number of rotatable bonds is 5. The summed E-state index contributed by atoms with van der Waals surface area (Å²) in [6, 6.07) is 7.00. The highest BCUT2D eigenvalue weighted by Gasteiger charge is 2.20. The largest absolute Gasteiger partial charge is 0.355 e. The molecular weight excluding hydrogens is 342 g/mol. The predicted octanol–water partition coefficient (Wildman–Crippen LogP) is 3.19. The third kappa shape index (κ3) is 6.70. The average molecular weight is 373 g/mol. The van der Waals surface area contributed by atoms with Crippen LogP contribution >= 0.6 is 0 Å². The van der Waals surface area contributed by atoms with E-state index in [1.54, 1.807) is 24.3 Å². The van der Waals surface area contributed by atoms with Crippen molar-refractivity contribution >= 4 is 23.4 Å². The van der Waals surface area contributed by atoms with Crippen molar-refractivity contribution < 1.29 is 14.4 Å². The van der Waals surface area contributed by atoms with E-state index in [-0.39, 0.29) is 24.1 Å². The summed E-state index contributed by atoms with van der Waals surface area (Å²) in [6.07, 6.45) is 4.70. The van der Waals surface area contributed by atoms with Gasteiger partial charge in [0.1, 0.15) is 0 Å². The minimum Gasteiger partial charge on any atom is -0.355 e. The van der Waals surface area contributed by atoms with Crippen LogP contribution < -0.4 is 10.6 Å². The first-order valence-electron chi connectivity index (χ1n) is 9.75. The van der Waals surface area contributed by atoms with Gasteiger partial charge in [0.15, 0.2) is 0 Å². The van der Waals surface area contributed by atoms with Gasteiger partial charge < -0.3 is 15.5 Å². The van der Waals surface area contributed by atoms with Gasteiger partial charge in [0.25, 0.3) is 5.91 Å². The molecule has 2 rings (SSSR count). The van der Waals surface area contributed by atoms with E-state index in [9.17, 15) is 14.4 Å². The van der Waals surface area contributed by atoms with E-state index in [4.69, 9.17) is 0 Å². The first-order chi connectivity index (χ1) is 12.8. The van der Waals surface area contributed by atoms with Crippen LogP contribution in [0.25, 0.3) is 0 Å². The molecule has 27 heavy (non-hydrogen) atoms. The molecule has 0 unspecified atom stereocenters. The van der Waals surface area contributed by atoms with E-state index in [0.29, 0.717) is 17.8 Å². The Hall–Kier alpha value is -2.37. The topological polar surface area (TPSA) is 78.5 Å². The maximum atomic E-state index is 12.6. The third-order valence-corrected chi connectivity index (χ3v) is 4.63. The highest BCUT2D eigenvalue weighted by atomic mass is 16.2. The number of amides is 3. The zero-order valence-corrected chi connectivity index (χ0v) is 16.6. The minimum atomic E-state index is -0.466. The summed E-state index contributed by atoms with van der Waals surface area (Å²) in [4.78, 5) is 38.3. The molecule has 0 aliphatic carbocycles. The van der Waals surface area contributed by atoms with Gasteiger partial charge in [0, 0.05) is 42.7 Å². The number of nitrogens with zero attached hydrogens (tertiary/aromatic N) is 1. The van der Waals surface area contributed by atoms with Gasteiger partial charge >= 0.3 is 0 Å². The second kappa shape index (κ2) is 9.53. The van der Waals surface area contributed by atoms with Gasteiger partial charge in [-0.25, -0.2) is 0 Å². The fourth-order valence-electron chi connectivity index (χ4n) is 2.93. The second-order valence-electron chi connectivity index (χ2n) is 8.09. The predicted molar refractivity (Wildman–Crippen MR) is 107 cm³/mol. The number of hydrogen-bond acceptors (Lipinski definition) is 3. The van der Waals surface area contributed by atoms with E-state index >= 15 is 0 Å². The van der Waals surface area contributed by atoms with Crippen LogP contribution in [0.2, 0.25) is 0 Å². The van der Waals surface area contributed by atoms with Gasteiger partial charge in [-0.3, -0.25) is 14.4 Å². The van der Waals surface area contributed by atoms with Crippen LogP contribution in [-0.2, 0) is 9.59 Å². The molecule has 0 spiro atoms. The average Bonchev–Trinajstić information content (AvgIpc) is 2.90. The zero-order valence-electron chi connectivity index (χ0n) is 16.6. The Morgan fingerprint density at radius 3 is 2.11 bits per heavy atom. The molecule has 0 bridgehead atoms. The van der Waals surface area contributed by atoms with E-state index in [1.807, 2.05) is 25.7 Å². The van der Waals surface area contributed by atoms with E-state index in [2.05, 4.69) is 10.6 Å². The SMILES string of the molecule is CC(C)(C)C(=O)NCCC(=O)Nc1ccc(C(=O)N2CCCCCC2)cc1. The molecule has 1 aromatic carbocycles. The number of likely N-dealkylation sites (tertiary alicyclic amines) is 1. The number of carbonyl (C=O) groups is 3. The van der Waals surface area contributed by atoms with Gasteiger partial charge in [-0.1, -0.05) is 33.6 Å². The Bertz CT molecular complexity index is 654. The third-order valence-electron chi connectivity index (χ3n) is 4.63. The van der Waals surface area contributed by atoms with Gasteiger partial charge in [0.2, 0.25) is 11.8 Å². The van der Waals surface area contributed by atoms with Gasteiger partial charge in [-0.05, 0) is 37.1 Å². The van der Waals surface area contributed by atoms with Crippen LogP contribution in [0.15, 0.2) is 24.3 Å². The van der Waals surface area contributed by atoms with Crippen molar-refractivity contribution in [2.75, 3.05) is 25.0 Å². The van der Waals surface area contributed by atoms with E-state index < -0.39 is 5.41 Å². The summed E-state index contributed by atoms with van der Waals surface area (Å²) in [5.41, 5.74) is 0.827. The first-order valence-corrected chi connectivity index (χ1v) is 9.75. The molecule has 6 nitrogen and oxygen atoms in total. The molecule has 0 saturated carbocycles. The molecule has 3 amide bonds. The van der Waals surface area contributed by atoms with E-state index in [0.717, 1.165) is 25.9 Å². The van der Waals surface area contributed by atoms with Crippen molar-refractivity contribution in [1.82, 2.24) is 10.2 Å². The van der Waals surface area contributed by atoms with Gasteiger partial charge in [-0.15, -0.1) is 0 Å². The Morgan fingerprint density at radius 2 is 1.56 bits per heavy atom. The quantitative estimate of drug-likeness (QED) is 0.832. The minimum absolute atomic E-state index is 0.0552. The lowest BCUT2D eigenvalue weighted by Crippen LogP contribution is -2.36. The molecule has 2 N–H and O–H groups in total. The number of carbonyl (C=O) groups excluding carboxylic acids is 3. The molecule has 1 aliphatic rings. The second-order valence-corrected chi connectivity index (χ2v) is 8.09. The highest BCUT2D eigenvalue weighted by Crippen LogP contribution is 2.16. The molecule has 1 aliphatic heterocycles. The Morgan fingerprint density at radius 1 is 0.963 bits per heavy atom. The van der Waals surface area contributed by atoms with Crippen molar-refractivity contribution in [2.45, 2.75) is 52.9 Å². The molecular formula is C21H31N3O3. The lowest BCUT2D eigenvalue weighted by molar-refractivity contribution is -0.128. The Kier molecular flexibility index (Phi) is 7.39. The van der Waals surface area contributed by atoms with Crippen LogP contribution in [0.3, 0.4) is 0 Å². The molecule has 0 aromatic heterocycles. The Labute approximate surface area is 161 Å². The fraction of sp³-hybridized carbons (Fsp3) is 0.571. The molecule has 1 aromatic rings. The molecule has 6 heteroatoms. The molecule has 1 heterocycles. The summed E-state index contributed by atoms with van der Waals surface area (Å²) in [7, 11) is 0. The number of nitrogens with one attached hydrogen (secondary N) is 2. The summed E-state index contributed by atoms with van der Waals surface area (Å²) < 4.78 is 0. The maximum absolute atomic E-state index is 12.6. The number of benzene rings is 1. The first kappa shape index (κ1) is 20.9. The van der Waals surface area contributed by atoms with Crippen molar-refractivity contribution in [3.8, 4) is 0 Å². The van der Waals surface area contributed by atoms with Gasteiger partial charge in [-0.2, -0.15) is 0 Å². The lowest BCUT2D eigenvalue weighted by atomic mass is 9.96. The maximum Gasteiger partial charge on any atom is 0.253 e. The molecule has 0 atom stereocenters. The standard InChI is InChI=1S/C21H31N3O3/c1-21(2,3)20(27)22-13-12-18(25)23-17-10-8-16(9-11-17)19(26)24-14-6-4-5-7-15-24/h8-11H,4-7,12-15H2,1-3H3,(H,22,27)(H,23,25). The zero-order chi connectivity index (χ0) is 19.9. The summed E-state index contributed by atoms with van der Waals surface area (Å²) in [6.45, 7) is 7.42. The van der Waals surface area contributed by atoms with Crippen LogP contribution in [0.4, 0.5) is 5.69 Å². The lowest BCUT2D eigenvalue weighted by Gasteiger charge is -2.20. The van der Waals surface area contributed by atoms with Crippen molar-refractivity contribution in [3.05, 3.63) is 29.8 Å². The van der Waals surface area contributed by atoms with Crippen molar-refractivity contribution in [3.63, 3.8) is 0 Å². The molecule has 0 radical (unpaired) electrons.